The second kappa shape index (κ2) is 8.05. The lowest BCUT2D eigenvalue weighted by Gasteiger charge is -2.15. The highest BCUT2D eigenvalue weighted by atomic mass is 16.3. The zero-order chi connectivity index (χ0) is 15.1. The van der Waals surface area contributed by atoms with Crippen LogP contribution in [0.25, 0.3) is 0 Å². The summed E-state index contributed by atoms with van der Waals surface area (Å²) in [5.74, 6) is 0.897. The second-order valence-electron chi connectivity index (χ2n) is 6.02. The van der Waals surface area contributed by atoms with Crippen molar-refractivity contribution in [2.75, 3.05) is 13.2 Å². The minimum Gasteiger partial charge on any atom is -0.396 e. The fourth-order valence-electron chi connectivity index (χ4n) is 2.03. The molecule has 3 nitrogen and oxygen atoms in total. The van der Waals surface area contributed by atoms with Crippen LogP contribution in [0.4, 0.5) is 0 Å². The van der Waals surface area contributed by atoms with Crippen LogP contribution in [-0.2, 0) is 4.79 Å². The van der Waals surface area contributed by atoms with Gasteiger partial charge in [0.1, 0.15) is 0 Å². The van der Waals surface area contributed by atoms with Crippen LogP contribution in [0.15, 0.2) is 24.3 Å². The predicted octanol–water partition coefficient (Wildman–Crippen LogP) is 3.05. The van der Waals surface area contributed by atoms with E-state index in [-0.39, 0.29) is 24.3 Å². The Labute approximate surface area is 122 Å². The summed E-state index contributed by atoms with van der Waals surface area (Å²) >= 11 is 0. The summed E-state index contributed by atoms with van der Waals surface area (Å²) in [6.45, 7) is 8.97. The average Bonchev–Trinajstić information content (AvgIpc) is 2.44. The van der Waals surface area contributed by atoms with Crippen LogP contribution in [0.1, 0.15) is 57.1 Å². The first-order valence-electron chi connectivity index (χ1n) is 7.41. The fraction of sp³-hybridized carbons (Fsp3) is 0.588. The van der Waals surface area contributed by atoms with Crippen LogP contribution in [0.5, 0.6) is 0 Å². The number of amides is 1. The fourth-order valence-corrected chi connectivity index (χ4v) is 2.03. The molecule has 0 saturated heterocycles. The Bertz CT molecular complexity index is 412. The molecule has 2 N–H and O–H groups in total. The van der Waals surface area contributed by atoms with E-state index in [1.807, 2.05) is 6.92 Å². The van der Waals surface area contributed by atoms with Gasteiger partial charge in [0.25, 0.3) is 0 Å². The lowest BCUT2D eigenvalue weighted by Crippen LogP contribution is -2.30. The topological polar surface area (TPSA) is 49.3 Å². The highest BCUT2D eigenvalue weighted by molar-refractivity contribution is 5.76. The number of nitrogens with one attached hydrogen (secondary N) is 1. The summed E-state index contributed by atoms with van der Waals surface area (Å²) in [5, 5.41) is 11.8. The minimum atomic E-state index is 0.0470. The van der Waals surface area contributed by atoms with E-state index in [9.17, 15) is 4.79 Å². The van der Waals surface area contributed by atoms with Crippen molar-refractivity contribution >= 4 is 5.91 Å². The Morgan fingerprint density at radius 2 is 1.65 bits per heavy atom. The first-order valence-corrected chi connectivity index (χ1v) is 7.41. The summed E-state index contributed by atoms with van der Waals surface area (Å²) in [6.07, 6.45) is 0.485. The van der Waals surface area contributed by atoms with E-state index in [4.69, 9.17) is 5.11 Å². The Kier molecular flexibility index (Phi) is 6.73. The molecule has 0 aliphatic rings. The minimum absolute atomic E-state index is 0.0470. The molecular formula is C17H27NO2. The summed E-state index contributed by atoms with van der Waals surface area (Å²) < 4.78 is 0. The summed E-state index contributed by atoms with van der Waals surface area (Å²) in [6, 6.07) is 8.51. The molecule has 1 amide bonds. The molecule has 0 radical (unpaired) electrons. The number of hydrogen-bond donors (Lipinski definition) is 2. The summed E-state index contributed by atoms with van der Waals surface area (Å²) in [7, 11) is 0. The lowest BCUT2D eigenvalue weighted by atomic mass is 9.94. The van der Waals surface area contributed by atoms with E-state index in [1.165, 1.54) is 11.1 Å². The van der Waals surface area contributed by atoms with E-state index < -0.39 is 0 Å². The maximum absolute atomic E-state index is 11.8. The molecular weight excluding hydrogens is 250 g/mol. The van der Waals surface area contributed by atoms with Gasteiger partial charge in [-0.1, -0.05) is 52.0 Å². The number of aliphatic hydroxyl groups excluding tert-OH is 1. The molecule has 0 aliphatic heterocycles. The Hall–Kier alpha value is -1.35. The summed E-state index contributed by atoms with van der Waals surface area (Å²) in [5.41, 5.74) is 2.52. The van der Waals surface area contributed by atoms with E-state index in [2.05, 4.69) is 50.4 Å². The number of carbonyl (C=O) groups is 1. The molecule has 0 spiro atoms. The SMILES string of the molecule is CC(CO)CNC(=O)CC(C)c1ccc(C(C)C)cc1. The predicted molar refractivity (Wildman–Crippen MR) is 82.8 cm³/mol. The molecule has 3 heteroatoms. The Morgan fingerprint density at radius 1 is 1.10 bits per heavy atom. The highest BCUT2D eigenvalue weighted by Crippen LogP contribution is 2.22. The molecule has 1 aromatic carbocycles. The molecule has 20 heavy (non-hydrogen) atoms. The molecule has 0 saturated carbocycles. The molecule has 0 aliphatic carbocycles. The second-order valence-corrected chi connectivity index (χ2v) is 6.02. The molecule has 2 unspecified atom stereocenters. The molecule has 2 atom stereocenters. The van der Waals surface area contributed by atoms with Gasteiger partial charge >= 0.3 is 0 Å². The van der Waals surface area contributed by atoms with Crippen molar-refractivity contribution in [1.82, 2.24) is 5.32 Å². The van der Waals surface area contributed by atoms with Crippen molar-refractivity contribution in [3.05, 3.63) is 35.4 Å². The highest BCUT2D eigenvalue weighted by Gasteiger charge is 2.12. The molecule has 0 fully saturated rings. The van der Waals surface area contributed by atoms with Gasteiger partial charge in [-0.2, -0.15) is 0 Å². The Balaban J connectivity index is 2.49. The summed E-state index contributed by atoms with van der Waals surface area (Å²) in [4.78, 5) is 11.8. The van der Waals surface area contributed by atoms with Crippen LogP contribution in [0.3, 0.4) is 0 Å². The number of benzene rings is 1. The maximum Gasteiger partial charge on any atom is 0.220 e. The van der Waals surface area contributed by atoms with Gasteiger partial charge in [-0.3, -0.25) is 4.79 Å². The van der Waals surface area contributed by atoms with Gasteiger partial charge in [-0.25, -0.2) is 0 Å². The molecule has 0 aromatic heterocycles. The maximum atomic E-state index is 11.8. The van der Waals surface area contributed by atoms with Crippen LogP contribution < -0.4 is 5.32 Å². The largest absolute Gasteiger partial charge is 0.396 e. The third-order valence-corrected chi connectivity index (χ3v) is 3.62. The van der Waals surface area contributed by atoms with Gasteiger partial charge in [0.2, 0.25) is 5.91 Å². The van der Waals surface area contributed by atoms with Crippen molar-refractivity contribution in [2.24, 2.45) is 5.92 Å². The van der Waals surface area contributed by atoms with Crippen LogP contribution in [0.2, 0.25) is 0 Å². The zero-order valence-electron chi connectivity index (χ0n) is 13.0. The van der Waals surface area contributed by atoms with Gasteiger partial charge < -0.3 is 10.4 Å². The van der Waals surface area contributed by atoms with Crippen LogP contribution >= 0.6 is 0 Å². The monoisotopic (exact) mass is 277 g/mol. The number of rotatable bonds is 7. The zero-order valence-corrected chi connectivity index (χ0v) is 13.0. The molecule has 1 rings (SSSR count). The Morgan fingerprint density at radius 3 is 2.15 bits per heavy atom. The smallest absolute Gasteiger partial charge is 0.220 e. The third-order valence-electron chi connectivity index (χ3n) is 3.62. The van der Waals surface area contributed by atoms with E-state index in [0.29, 0.717) is 18.9 Å². The van der Waals surface area contributed by atoms with Crippen molar-refractivity contribution in [2.45, 2.75) is 46.0 Å². The molecule has 0 heterocycles. The van der Waals surface area contributed by atoms with Crippen LogP contribution in [0, 0.1) is 5.92 Å². The van der Waals surface area contributed by atoms with Gasteiger partial charge in [0.15, 0.2) is 0 Å². The standard InChI is InChI=1S/C17H27NO2/c1-12(2)15-5-7-16(8-6-15)14(4)9-17(20)18-10-13(3)11-19/h5-8,12-14,19H,9-11H2,1-4H3,(H,18,20). The number of hydrogen-bond acceptors (Lipinski definition) is 2. The van der Waals surface area contributed by atoms with E-state index >= 15 is 0 Å². The van der Waals surface area contributed by atoms with Gasteiger partial charge in [-0.05, 0) is 28.9 Å². The van der Waals surface area contributed by atoms with Gasteiger partial charge in [-0.15, -0.1) is 0 Å². The first kappa shape index (κ1) is 16.7. The van der Waals surface area contributed by atoms with E-state index in [1.54, 1.807) is 0 Å². The van der Waals surface area contributed by atoms with Gasteiger partial charge in [0, 0.05) is 19.6 Å². The van der Waals surface area contributed by atoms with Crippen molar-refractivity contribution in [3.63, 3.8) is 0 Å². The van der Waals surface area contributed by atoms with E-state index in [0.717, 1.165) is 0 Å². The third kappa shape index (κ3) is 5.33. The quantitative estimate of drug-likeness (QED) is 0.805. The van der Waals surface area contributed by atoms with Crippen LogP contribution in [-0.4, -0.2) is 24.2 Å². The molecule has 1 aromatic rings. The first-order chi connectivity index (χ1) is 9.43. The molecule has 112 valence electrons. The van der Waals surface area contributed by atoms with Crippen molar-refractivity contribution < 1.29 is 9.90 Å². The van der Waals surface area contributed by atoms with Gasteiger partial charge in [0.05, 0.1) is 0 Å². The average molecular weight is 277 g/mol. The normalized spacial score (nSPS) is 14.1. The van der Waals surface area contributed by atoms with Crippen molar-refractivity contribution in [1.29, 1.82) is 0 Å². The lowest BCUT2D eigenvalue weighted by molar-refractivity contribution is -0.121. The number of aliphatic hydroxyl groups is 1. The van der Waals surface area contributed by atoms with Crippen molar-refractivity contribution in [3.8, 4) is 0 Å². The number of carbonyl (C=O) groups excluding carboxylic acids is 1. The molecule has 0 bridgehead atoms.